The van der Waals surface area contributed by atoms with Gasteiger partial charge in [-0.25, -0.2) is 4.39 Å². The van der Waals surface area contributed by atoms with Gasteiger partial charge >= 0.3 is 0 Å². The molecular formula is C21H27FN4O. The van der Waals surface area contributed by atoms with Crippen molar-refractivity contribution >= 4 is 5.91 Å². The van der Waals surface area contributed by atoms with E-state index in [2.05, 4.69) is 15.3 Å². The quantitative estimate of drug-likeness (QED) is 0.880. The molecule has 5 nitrogen and oxygen atoms in total. The van der Waals surface area contributed by atoms with Gasteiger partial charge in [0.15, 0.2) is 0 Å². The minimum Gasteiger partial charge on any atom is -0.349 e. The first-order valence-electron chi connectivity index (χ1n) is 9.96. The van der Waals surface area contributed by atoms with Crippen molar-refractivity contribution in [1.29, 1.82) is 0 Å². The van der Waals surface area contributed by atoms with Gasteiger partial charge in [-0.15, -0.1) is 0 Å². The molecule has 27 heavy (non-hydrogen) atoms. The van der Waals surface area contributed by atoms with Crippen molar-refractivity contribution in [2.45, 2.75) is 44.6 Å². The van der Waals surface area contributed by atoms with Gasteiger partial charge in [-0.05, 0) is 57.7 Å². The van der Waals surface area contributed by atoms with Crippen LogP contribution in [0.25, 0.3) is 0 Å². The number of benzene rings is 1. The summed E-state index contributed by atoms with van der Waals surface area (Å²) in [5.41, 5.74) is 3.47. The Morgan fingerprint density at radius 2 is 1.93 bits per heavy atom. The Labute approximate surface area is 159 Å². The fourth-order valence-corrected chi connectivity index (χ4v) is 4.47. The number of rotatable bonds is 5. The molecule has 1 atom stereocenters. The minimum absolute atomic E-state index is 0.103. The van der Waals surface area contributed by atoms with Crippen molar-refractivity contribution in [2.75, 3.05) is 19.6 Å². The predicted octanol–water partition coefficient (Wildman–Crippen LogP) is 3.00. The van der Waals surface area contributed by atoms with Crippen LogP contribution >= 0.6 is 0 Å². The third-order valence-corrected chi connectivity index (χ3v) is 5.84. The molecule has 1 N–H and O–H groups in total. The van der Waals surface area contributed by atoms with Crippen LogP contribution in [0.4, 0.5) is 4.39 Å². The Hall–Kier alpha value is -2.21. The van der Waals surface area contributed by atoms with Crippen molar-refractivity contribution in [1.82, 2.24) is 20.0 Å². The summed E-state index contributed by atoms with van der Waals surface area (Å²) < 4.78 is 16.1. The Bertz CT molecular complexity index is 826. The maximum absolute atomic E-state index is 14.4. The average Bonchev–Trinajstić information content (AvgIpc) is 3.30. The number of carbonyl (C=O) groups is 1. The van der Waals surface area contributed by atoms with Crippen LogP contribution in [0.15, 0.2) is 24.3 Å². The Morgan fingerprint density at radius 1 is 1.19 bits per heavy atom. The molecular weight excluding hydrogens is 343 g/mol. The molecule has 1 aliphatic heterocycles. The number of halogens is 1. The molecule has 0 saturated carbocycles. The minimum atomic E-state index is -0.207. The Kier molecular flexibility index (Phi) is 5.25. The monoisotopic (exact) mass is 370 g/mol. The third-order valence-electron chi connectivity index (χ3n) is 5.84. The zero-order chi connectivity index (χ0) is 18.8. The van der Waals surface area contributed by atoms with Crippen molar-refractivity contribution in [3.63, 3.8) is 0 Å². The van der Waals surface area contributed by atoms with E-state index in [9.17, 15) is 9.18 Å². The highest BCUT2D eigenvalue weighted by Crippen LogP contribution is 2.27. The average molecular weight is 370 g/mol. The van der Waals surface area contributed by atoms with Gasteiger partial charge < -0.3 is 5.32 Å². The van der Waals surface area contributed by atoms with E-state index >= 15 is 0 Å². The number of aryl methyl sites for hydroxylation is 2. The van der Waals surface area contributed by atoms with Gasteiger partial charge in [0.2, 0.25) is 0 Å². The van der Waals surface area contributed by atoms with E-state index < -0.39 is 0 Å². The topological polar surface area (TPSA) is 50.2 Å². The number of nitrogens with one attached hydrogen (secondary N) is 1. The number of hydrogen-bond acceptors (Lipinski definition) is 3. The van der Waals surface area contributed by atoms with Gasteiger partial charge in [0.25, 0.3) is 5.91 Å². The first-order valence-corrected chi connectivity index (χ1v) is 9.96. The highest BCUT2D eigenvalue weighted by Gasteiger charge is 2.28. The lowest BCUT2D eigenvalue weighted by molar-refractivity contribution is 0.0926. The molecule has 1 aromatic carbocycles. The van der Waals surface area contributed by atoms with E-state index in [1.54, 1.807) is 10.7 Å². The zero-order valence-corrected chi connectivity index (χ0v) is 15.9. The van der Waals surface area contributed by atoms with Crippen LogP contribution in [0.5, 0.6) is 0 Å². The number of nitrogens with zero attached hydrogens (tertiary/aromatic N) is 3. The molecule has 4 rings (SSSR count). The number of aromatic nitrogens is 2. The normalized spacial score (nSPS) is 18.3. The molecule has 0 radical (unpaired) electrons. The molecule has 2 aliphatic rings. The lowest BCUT2D eigenvalue weighted by Gasteiger charge is -2.28. The number of fused-ring (bicyclic) bond motifs is 1. The summed E-state index contributed by atoms with van der Waals surface area (Å²) >= 11 is 0. The van der Waals surface area contributed by atoms with Crippen molar-refractivity contribution < 1.29 is 9.18 Å². The summed E-state index contributed by atoms with van der Waals surface area (Å²) in [5.74, 6) is -0.310. The van der Waals surface area contributed by atoms with Crippen molar-refractivity contribution in [3.8, 4) is 0 Å². The standard InChI is InChI=1S/C21H27FN4O/c1-25-20(16-9-3-5-11-18(16)24-25)21(27)23-14-19(26-12-6-7-13-26)15-8-2-4-10-17(15)22/h2,4,8,10,19H,3,5-7,9,11-14H2,1H3,(H,23,27). The molecule has 2 aromatic rings. The molecule has 1 aliphatic carbocycles. The molecule has 6 heteroatoms. The maximum Gasteiger partial charge on any atom is 0.269 e. The summed E-state index contributed by atoms with van der Waals surface area (Å²) in [5, 5.41) is 7.61. The molecule has 1 unspecified atom stereocenters. The lowest BCUT2D eigenvalue weighted by atomic mass is 9.95. The van der Waals surface area contributed by atoms with Crippen LogP contribution in [0.2, 0.25) is 0 Å². The van der Waals surface area contributed by atoms with Gasteiger partial charge in [-0.1, -0.05) is 18.2 Å². The fourth-order valence-electron chi connectivity index (χ4n) is 4.47. The van der Waals surface area contributed by atoms with Gasteiger partial charge in [0.1, 0.15) is 11.5 Å². The first-order chi connectivity index (χ1) is 13.1. The van der Waals surface area contributed by atoms with E-state index in [1.165, 1.54) is 6.07 Å². The van der Waals surface area contributed by atoms with Crippen LogP contribution < -0.4 is 5.32 Å². The number of amides is 1. The summed E-state index contributed by atoms with van der Waals surface area (Å²) in [7, 11) is 1.84. The second-order valence-electron chi connectivity index (χ2n) is 7.59. The van der Waals surface area contributed by atoms with Crippen LogP contribution in [-0.2, 0) is 19.9 Å². The predicted molar refractivity (Wildman–Crippen MR) is 102 cm³/mol. The third kappa shape index (κ3) is 3.63. The highest BCUT2D eigenvalue weighted by molar-refractivity contribution is 5.94. The highest BCUT2D eigenvalue weighted by atomic mass is 19.1. The van der Waals surface area contributed by atoms with Gasteiger partial charge in [-0.2, -0.15) is 5.10 Å². The summed E-state index contributed by atoms with van der Waals surface area (Å²) in [6, 6.07) is 6.76. The maximum atomic E-state index is 14.4. The smallest absolute Gasteiger partial charge is 0.269 e. The van der Waals surface area contributed by atoms with E-state index in [1.807, 2.05) is 19.2 Å². The Balaban J connectivity index is 1.54. The van der Waals surface area contributed by atoms with Crippen molar-refractivity contribution in [2.24, 2.45) is 7.05 Å². The van der Waals surface area contributed by atoms with Crippen molar-refractivity contribution in [3.05, 3.63) is 52.6 Å². The second kappa shape index (κ2) is 7.80. The van der Waals surface area contributed by atoms with Crippen LogP contribution in [-0.4, -0.2) is 40.2 Å². The van der Waals surface area contributed by atoms with Gasteiger partial charge in [-0.3, -0.25) is 14.4 Å². The molecule has 2 heterocycles. The molecule has 144 valence electrons. The van der Waals surface area contributed by atoms with E-state index in [0.717, 1.165) is 62.9 Å². The van der Waals surface area contributed by atoms with Crippen LogP contribution in [0.1, 0.15) is 59.0 Å². The van der Waals surface area contributed by atoms with E-state index in [4.69, 9.17) is 0 Å². The molecule has 1 saturated heterocycles. The number of carbonyl (C=O) groups excluding carboxylic acids is 1. The van der Waals surface area contributed by atoms with Gasteiger partial charge in [0.05, 0.1) is 11.7 Å². The zero-order valence-electron chi connectivity index (χ0n) is 15.9. The number of hydrogen-bond donors (Lipinski definition) is 1. The molecule has 1 aromatic heterocycles. The van der Waals surface area contributed by atoms with Crippen LogP contribution in [0.3, 0.4) is 0 Å². The van der Waals surface area contributed by atoms with E-state index in [-0.39, 0.29) is 17.8 Å². The fraction of sp³-hybridized carbons (Fsp3) is 0.524. The van der Waals surface area contributed by atoms with E-state index in [0.29, 0.717) is 17.8 Å². The molecule has 0 spiro atoms. The second-order valence-corrected chi connectivity index (χ2v) is 7.59. The molecule has 1 fully saturated rings. The van der Waals surface area contributed by atoms with Gasteiger partial charge in [0, 0.05) is 24.7 Å². The largest absolute Gasteiger partial charge is 0.349 e. The SMILES string of the molecule is Cn1nc2c(c1C(=O)NCC(c1ccccc1F)N1CCCC1)CCCC2. The summed E-state index contributed by atoms with van der Waals surface area (Å²) in [6.07, 6.45) is 6.33. The summed E-state index contributed by atoms with van der Waals surface area (Å²) in [6.45, 7) is 2.28. The molecule has 1 amide bonds. The van der Waals surface area contributed by atoms with Crippen LogP contribution in [0, 0.1) is 5.82 Å². The lowest BCUT2D eigenvalue weighted by Crippen LogP contribution is -2.38. The first kappa shape index (κ1) is 18.2. The Morgan fingerprint density at radius 3 is 2.70 bits per heavy atom. The number of likely N-dealkylation sites (tertiary alicyclic amines) is 1. The summed E-state index contributed by atoms with van der Waals surface area (Å²) in [4.78, 5) is 15.2. The molecule has 0 bridgehead atoms.